The van der Waals surface area contributed by atoms with Crippen LogP contribution in [0, 0.1) is 5.82 Å². The Morgan fingerprint density at radius 3 is 3.06 bits per heavy atom. The fourth-order valence-corrected chi connectivity index (χ4v) is 2.36. The van der Waals surface area contributed by atoms with Gasteiger partial charge in [0.15, 0.2) is 5.78 Å². The van der Waals surface area contributed by atoms with Crippen LogP contribution in [-0.2, 0) is 11.2 Å². The molecule has 1 aliphatic heterocycles. The van der Waals surface area contributed by atoms with Gasteiger partial charge in [-0.25, -0.2) is 4.39 Å². The molecule has 1 aromatic carbocycles. The summed E-state index contributed by atoms with van der Waals surface area (Å²) in [5.41, 5.74) is 0.721. The number of ketones is 1. The molecule has 1 aliphatic rings. The lowest BCUT2D eigenvalue weighted by Crippen LogP contribution is -2.32. The second-order valence-electron chi connectivity index (χ2n) is 4.00. The fourth-order valence-electron chi connectivity index (χ4n) is 1.96. The predicted octanol–water partition coefficient (Wildman–Crippen LogP) is 2.45. The van der Waals surface area contributed by atoms with Crippen molar-refractivity contribution < 1.29 is 9.18 Å². The molecule has 0 radical (unpaired) electrons. The van der Waals surface area contributed by atoms with E-state index in [2.05, 4.69) is 21.2 Å². The number of carbonyl (C=O) groups excluding carboxylic acids is 1. The molecule has 0 spiro atoms. The summed E-state index contributed by atoms with van der Waals surface area (Å²) in [6.07, 6.45) is 2.22. The molecular formula is C12H13BrFNO. The first kappa shape index (κ1) is 11.7. The average Bonchev–Trinajstić information content (AvgIpc) is 2.78. The highest BCUT2D eigenvalue weighted by Crippen LogP contribution is 2.22. The van der Waals surface area contributed by atoms with Crippen LogP contribution in [0.3, 0.4) is 0 Å². The number of benzene rings is 1. The Morgan fingerprint density at radius 2 is 2.38 bits per heavy atom. The first-order chi connectivity index (χ1) is 7.68. The van der Waals surface area contributed by atoms with Crippen molar-refractivity contribution >= 4 is 21.7 Å². The summed E-state index contributed by atoms with van der Waals surface area (Å²) < 4.78 is 13.6. The third kappa shape index (κ3) is 2.50. The van der Waals surface area contributed by atoms with E-state index in [0.717, 1.165) is 24.9 Å². The summed E-state index contributed by atoms with van der Waals surface area (Å²) in [5.74, 6) is -0.173. The van der Waals surface area contributed by atoms with E-state index < -0.39 is 0 Å². The Kier molecular flexibility index (Phi) is 3.71. The Labute approximate surface area is 102 Å². The number of halogens is 2. The van der Waals surface area contributed by atoms with E-state index in [1.54, 1.807) is 12.1 Å². The van der Waals surface area contributed by atoms with Crippen molar-refractivity contribution in [1.82, 2.24) is 5.32 Å². The van der Waals surface area contributed by atoms with Crippen molar-refractivity contribution in [2.75, 3.05) is 6.54 Å². The summed E-state index contributed by atoms with van der Waals surface area (Å²) >= 11 is 3.17. The van der Waals surface area contributed by atoms with E-state index in [1.165, 1.54) is 6.07 Å². The van der Waals surface area contributed by atoms with Crippen molar-refractivity contribution in [1.29, 1.82) is 0 Å². The topological polar surface area (TPSA) is 29.1 Å². The molecule has 2 rings (SSSR count). The van der Waals surface area contributed by atoms with Gasteiger partial charge in [-0.1, -0.05) is 12.1 Å². The summed E-state index contributed by atoms with van der Waals surface area (Å²) in [4.78, 5) is 11.9. The molecule has 1 N–H and O–H groups in total. The average molecular weight is 286 g/mol. The number of carbonyl (C=O) groups is 1. The molecule has 16 heavy (non-hydrogen) atoms. The van der Waals surface area contributed by atoms with Crippen molar-refractivity contribution in [2.24, 2.45) is 0 Å². The number of nitrogens with one attached hydrogen (secondary N) is 1. The molecule has 0 aromatic heterocycles. The second-order valence-corrected chi connectivity index (χ2v) is 4.80. The van der Waals surface area contributed by atoms with Gasteiger partial charge in [-0.2, -0.15) is 0 Å². The molecule has 1 unspecified atom stereocenters. The minimum atomic E-state index is -0.315. The lowest BCUT2D eigenvalue weighted by Gasteiger charge is -2.10. The Morgan fingerprint density at radius 1 is 1.56 bits per heavy atom. The molecule has 4 heteroatoms. The first-order valence-corrected chi connectivity index (χ1v) is 6.17. The highest BCUT2D eigenvalue weighted by atomic mass is 79.9. The van der Waals surface area contributed by atoms with Gasteiger partial charge in [-0.05, 0) is 46.9 Å². The van der Waals surface area contributed by atoms with Gasteiger partial charge < -0.3 is 5.32 Å². The van der Waals surface area contributed by atoms with Crippen LogP contribution >= 0.6 is 15.9 Å². The SMILES string of the molecule is O=C(Cc1cccc(F)c1Br)C1CCCN1. The smallest absolute Gasteiger partial charge is 0.154 e. The summed E-state index contributed by atoms with van der Waals surface area (Å²) in [6.45, 7) is 0.903. The highest BCUT2D eigenvalue weighted by molar-refractivity contribution is 9.10. The van der Waals surface area contributed by atoms with Gasteiger partial charge in [-0.3, -0.25) is 4.79 Å². The lowest BCUT2D eigenvalue weighted by atomic mass is 10.0. The van der Waals surface area contributed by atoms with Crippen LogP contribution < -0.4 is 5.32 Å². The van der Waals surface area contributed by atoms with E-state index >= 15 is 0 Å². The Balaban J connectivity index is 2.08. The third-order valence-corrected chi connectivity index (χ3v) is 3.73. The van der Waals surface area contributed by atoms with Crippen LogP contribution in [0.5, 0.6) is 0 Å². The van der Waals surface area contributed by atoms with Crippen molar-refractivity contribution in [3.05, 3.63) is 34.1 Å². The van der Waals surface area contributed by atoms with Crippen molar-refractivity contribution in [3.8, 4) is 0 Å². The zero-order valence-electron chi connectivity index (χ0n) is 8.80. The van der Waals surface area contributed by atoms with E-state index in [1.807, 2.05) is 0 Å². The van der Waals surface area contributed by atoms with Crippen LogP contribution in [0.15, 0.2) is 22.7 Å². The van der Waals surface area contributed by atoms with Gasteiger partial charge in [0.1, 0.15) is 5.82 Å². The molecule has 1 saturated heterocycles. The van der Waals surface area contributed by atoms with Crippen LogP contribution in [-0.4, -0.2) is 18.4 Å². The molecule has 0 saturated carbocycles. The van der Waals surface area contributed by atoms with E-state index in [4.69, 9.17) is 0 Å². The van der Waals surface area contributed by atoms with Crippen LogP contribution in [0.2, 0.25) is 0 Å². The van der Waals surface area contributed by atoms with Crippen molar-refractivity contribution in [3.63, 3.8) is 0 Å². The molecule has 1 fully saturated rings. The first-order valence-electron chi connectivity index (χ1n) is 5.37. The van der Waals surface area contributed by atoms with Gasteiger partial charge in [0.05, 0.1) is 10.5 Å². The Bertz CT molecular complexity index is 402. The molecule has 2 nitrogen and oxygen atoms in total. The summed E-state index contributed by atoms with van der Waals surface area (Å²) in [7, 11) is 0. The molecule has 0 bridgehead atoms. The van der Waals surface area contributed by atoms with Gasteiger partial charge in [0, 0.05) is 6.42 Å². The molecule has 1 atom stereocenters. The molecule has 1 aromatic rings. The number of rotatable bonds is 3. The number of Topliss-reactive ketones (excluding diaryl/α,β-unsaturated/α-hetero) is 1. The maximum absolute atomic E-state index is 13.2. The number of hydrogen-bond donors (Lipinski definition) is 1. The zero-order chi connectivity index (χ0) is 11.5. The summed E-state index contributed by atoms with van der Waals surface area (Å²) in [5, 5.41) is 3.15. The fraction of sp³-hybridized carbons (Fsp3) is 0.417. The van der Waals surface area contributed by atoms with Crippen LogP contribution in [0.4, 0.5) is 4.39 Å². The molecule has 1 heterocycles. The third-order valence-electron chi connectivity index (χ3n) is 2.85. The monoisotopic (exact) mass is 285 g/mol. The van der Waals surface area contributed by atoms with Crippen molar-refractivity contribution in [2.45, 2.75) is 25.3 Å². The largest absolute Gasteiger partial charge is 0.307 e. The summed E-state index contributed by atoms with van der Waals surface area (Å²) in [6, 6.07) is 4.74. The van der Waals surface area contributed by atoms with Crippen LogP contribution in [0.25, 0.3) is 0 Å². The molecule has 86 valence electrons. The van der Waals surface area contributed by atoms with E-state index in [-0.39, 0.29) is 24.1 Å². The van der Waals surface area contributed by atoms with E-state index in [0.29, 0.717) is 4.47 Å². The lowest BCUT2D eigenvalue weighted by molar-refractivity contribution is -0.120. The van der Waals surface area contributed by atoms with Gasteiger partial charge in [-0.15, -0.1) is 0 Å². The van der Waals surface area contributed by atoms with Crippen LogP contribution in [0.1, 0.15) is 18.4 Å². The van der Waals surface area contributed by atoms with Gasteiger partial charge in [0.25, 0.3) is 0 Å². The highest BCUT2D eigenvalue weighted by Gasteiger charge is 2.22. The molecule has 0 aliphatic carbocycles. The maximum atomic E-state index is 13.2. The number of hydrogen-bond acceptors (Lipinski definition) is 2. The van der Waals surface area contributed by atoms with Gasteiger partial charge in [0.2, 0.25) is 0 Å². The minimum Gasteiger partial charge on any atom is -0.307 e. The zero-order valence-corrected chi connectivity index (χ0v) is 10.4. The molecular weight excluding hydrogens is 273 g/mol. The maximum Gasteiger partial charge on any atom is 0.154 e. The quantitative estimate of drug-likeness (QED) is 0.924. The minimum absolute atomic E-state index is 0.0461. The van der Waals surface area contributed by atoms with E-state index in [9.17, 15) is 9.18 Å². The normalized spacial score (nSPS) is 20.0. The standard InChI is InChI=1S/C12H13BrFNO/c13-12-8(3-1-4-9(12)14)7-11(16)10-5-2-6-15-10/h1,3-4,10,15H,2,5-7H2. The second kappa shape index (κ2) is 5.06. The Hall–Kier alpha value is -0.740. The predicted molar refractivity (Wildman–Crippen MR) is 63.8 cm³/mol. The van der Waals surface area contributed by atoms with Gasteiger partial charge >= 0.3 is 0 Å². The molecule has 0 amide bonds.